The Morgan fingerprint density at radius 2 is 2.00 bits per heavy atom. The SMILES string of the molecule is CCCC1CCC(NC(c2cccs2)C2CC2)CC1. The molecule has 1 aromatic rings. The van der Waals surface area contributed by atoms with E-state index in [0.29, 0.717) is 6.04 Å². The molecular weight excluding hydrogens is 250 g/mol. The normalized spacial score (nSPS) is 29.3. The van der Waals surface area contributed by atoms with E-state index in [9.17, 15) is 0 Å². The van der Waals surface area contributed by atoms with Crippen molar-refractivity contribution in [2.45, 2.75) is 70.4 Å². The lowest BCUT2D eigenvalue weighted by atomic mass is 9.83. The first-order chi connectivity index (χ1) is 9.36. The van der Waals surface area contributed by atoms with Crippen LogP contribution in [-0.2, 0) is 0 Å². The summed E-state index contributed by atoms with van der Waals surface area (Å²) in [6.45, 7) is 2.32. The fraction of sp³-hybridized carbons (Fsp3) is 0.765. The highest BCUT2D eigenvalue weighted by molar-refractivity contribution is 7.10. The van der Waals surface area contributed by atoms with Gasteiger partial charge in [0.15, 0.2) is 0 Å². The van der Waals surface area contributed by atoms with Gasteiger partial charge in [0.05, 0.1) is 0 Å². The van der Waals surface area contributed by atoms with Gasteiger partial charge in [-0.15, -0.1) is 11.3 Å². The van der Waals surface area contributed by atoms with Gasteiger partial charge < -0.3 is 5.32 Å². The molecule has 0 aromatic carbocycles. The zero-order valence-corrected chi connectivity index (χ0v) is 12.9. The van der Waals surface area contributed by atoms with Crippen molar-refractivity contribution in [2.24, 2.45) is 11.8 Å². The summed E-state index contributed by atoms with van der Waals surface area (Å²) in [5.74, 6) is 1.94. The number of hydrogen-bond acceptors (Lipinski definition) is 2. The van der Waals surface area contributed by atoms with Crippen LogP contribution in [0.1, 0.15) is 69.2 Å². The van der Waals surface area contributed by atoms with Crippen LogP contribution in [0.3, 0.4) is 0 Å². The van der Waals surface area contributed by atoms with Crippen molar-refractivity contribution in [2.75, 3.05) is 0 Å². The standard InChI is InChI=1S/C17H27NS/c1-2-4-13-6-10-15(11-7-13)18-17(14-8-9-14)16-5-3-12-19-16/h3,5,12-15,17-18H,2,4,6-11H2,1H3. The molecule has 2 aliphatic rings. The van der Waals surface area contributed by atoms with Gasteiger partial charge in [-0.05, 0) is 61.8 Å². The molecule has 0 amide bonds. The minimum Gasteiger partial charge on any atom is -0.306 e. The summed E-state index contributed by atoms with van der Waals surface area (Å²) < 4.78 is 0. The second-order valence-electron chi connectivity index (χ2n) is 6.50. The summed E-state index contributed by atoms with van der Waals surface area (Å²) in [7, 11) is 0. The third kappa shape index (κ3) is 3.61. The number of rotatable bonds is 6. The summed E-state index contributed by atoms with van der Waals surface area (Å²) in [5, 5.41) is 6.22. The molecule has 2 fully saturated rings. The molecular formula is C17H27NS. The van der Waals surface area contributed by atoms with E-state index < -0.39 is 0 Å². The number of nitrogens with one attached hydrogen (secondary N) is 1. The first kappa shape index (κ1) is 13.6. The minimum atomic E-state index is 0.660. The number of thiophene rings is 1. The molecule has 1 heterocycles. The average molecular weight is 277 g/mol. The van der Waals surface area contributed by atoms with Crippen LogP contribution < -0.4 is 5.32 Å². The zero-order chi connectivity index (χ0) is 13.1. The van der Waals surface area contributed by atoms with E-state index in [2.05, 4.69) is 29.8 Å². The first-order valence-electron chi connectivity index (χ1n) is 8.16. The molecule has 3 rings (SSSR count). The Bertz CT molecular complexity index is 361. The Morgan fingerprint density at radius 3 is 2.58 bits per heavy atom. The largest absolute Gasteiger partial charge is 0.306 e. The van der Waals surface area contributed by atoms with Crippen molar-refractivity contribution in [1.82, 2.24) is 5.32 Å². The minimum absolute atomic E-state index is 0.660. The summed E-state index contributed by atoms with van der Waals surface area (Å²) in [6, 6.07) is 5.96. The van der Waals surface area contributed by atoms with Gasteiger partial charge in [0, 0.05) is 17.0 Å². The van der Waals surface area contributed by atoms with Crippen LogP contribution in [0.25, 0.3) is 0 Å². The van der Waals surface area contributed by atoms with Crippen LogP contribution >= 0.6 is 11.3 Å². The topological polar surface area (TPSA) is 12.0 Å². The first-order valence-corrected chi connectivity index (χ1v) is 9.04. The van der Waals surface area contributed by atoms with Gasteiger partial charge in [-0.2, -0.15) is 0 Å². The third-order valence-corrected chi connectivity index (χ3v) is 5.86. The smallest absolute Gasteiger partial charge is 0.0445 e. The summed E-state index contributed by atoms with van der Waals surface area (Å²) >= 11 is 1.93. The van der Waals surface area contributed by atoms with Crippen LogP contribution in [0.4, 0.5) is 0 Å². The third-order valence-electron chi connectivity index (χ3n) is 4.90. The van der Waals surface area contributed by atoms with Crippen molar-refractivity contribution in [1.29, 1.82) is 0 Å². The van der Waals surface area contributed by atoms with E-state index in [1.54, 1.807) is 4.88 Å². The van der Waals surface area contributed by atoms with Crippen molar-refractivity contribution < 1.29 is 0 Å². The van der Waals surface area contributed by atoms with Crippen molar-refractivity contribution >= 4 is 11.3 Å². The van der Waals surface area contributed by atoms with E-state index in [4.69, 9.17) is 0 Å². The van der Waals surface area contributed by atoms with Crippen molar-refractivity contribution in [3.8, 4) is 0 Å². The molecule has 0 bridgehead atoms. The highest BCUT2D eigenvalue weighted by Gasteiger charge is 2.34. The molecule has 0 spiro atoms. The van der Waals surface area contributed by atoms with Gasteiger partial charge in [-0.1, -0.05) is 25.8 Å². The highest BCUT2D eigenvalue weighted by Crippen LogP contribution is 2.43. The molecule has 0 aliphatic heterocycles. The van der Waals surface area contributed by atoms with Crippen LogP contribution in [-0.4, -0.2) is 6.04 Å². The van der Waals surface area contributed by atoms with Gasteiger partial charge in [0.1, 0.15) is 0 Å². The Labute approximate surface area is 121 Å². The van der Waals surface area contributed by atoms with Crippen molar-refractivity contribution in [3.05, 3.63) is 22.4 Å². The Kier molecular flexibility index (Phi) is 4.60. The molecule has 0 radical (unpaired) electrons. The van der Waals surface area contributed by atoms with Crippen LogP contribution in [0, 0.1) is 11.8 Å². The predicted molar refractivity (Wildman–Crippen MR) is 83.6 cm³/mol. The highest BCUT2D eigenvalue weighted by atomic mass is 32.1. The van der Waals surface area contributed by atoms with E-state index in [1.165, 1.54) is 51.4 Å². The van der Waals surface area contributed by atoms with Crippen molar-refractivity contribution in [3.63, 3.8) is 0 Å². The van der Waals surface area contributed by atoms with Gasteiger partial charge in [0.2, 0.25) is 0 Å². The lowest BCUT2D eigenvalue weighted by Crippen LogP contribution is -2.36. The average Bonchev–Trinajstić information content (AvgIpc) is 3.13. The maximum Gasteiger partial charge on any atom is 0.0445 e. The molecule has 2 saturated carbocycles. The Hall–Kier alpha value is -0.340. The molecule has 1 nitrogen and oxygen atoms in total. The molecule has 106 valence electrons. The van der Waals surface area contributed by atoms with Crippen LogP contribution in [0.2, 0.25) is 0 Å². The fourth-order valence-electron chi connectivity index (χ4n) is 3.63. The quantitative estimate of drug-likeness (QED) is 0.758. The fourth-order valence-corrected chi connectivity index (χ4v) is 4.51. The van der Waals surface area contributed by atoms with Crippen LogP contribution in [0.15, 0.2) is 17.5 Å². The summed E-state index contributed by atoms with van der Waals surface area (Å²) in [5.41, 5.74) is 0. The van der Waals surface area contributed by atoms with Crippen LogP contribution in [0.5, 0.6) is 0 Å². The molecule has 1 atom stereocenters. The number of hydrogen-bond donors (Lipinski definition) is 1. The van der Waals surface area contributed by atoms with Gasteiger partial charge in [0.25, 0.3) is 0 Å². The second kappa shape index (κ2) is 6.41. The van der Waals surface area contributed by atoms with Gasteiger partial charge in [-0.25, -0.2) is 0 Å². The zero-order valence-electron chi connectivity index (χ0n) is 12.1. The molecule has 1 N–H and O–H groups in total. The molecule has 1 aromatic heterocycles. The second-order valence-corrected chi connectivity index (χ2v) is 7.48. The maximum atomic E-state index is 3.99. The van der Waals surface area contributed by atoms with E-state index in [1.807, 2.05) is 11.3 Å². The Balaban J connectivity index is 1.53. The monoisotopic (exact) mass is 277 g/mol. The summed E-state index contributed by atoms with van der Waals surface area (Å²) in [4.78, 5) is 1.57. The van der Waals surface area contributed by atoms with Gasteiger partial charge >= 0.3 is 0 Å². The molecule has 2 aliphatic carbocycles. The van der Waals surface area contributed by atoms with E-state index in [-0.39, 0.29) is 0 Å². The molecule has 0 saturated heterocycles. The lowest BCUT2D eigenvalue weighted by Gasteiger charge is -2.32. The Morgan fingerprint density at radius 1 is 1.21 bits per heavy atom. The van der Waals surface area contributed by atoms with Gasteiger partial charge in [-0.3, -0.25) is 0 Å². The molecule has 2 heteroatoms. The molecule has 1 unspecified atom stereocenters. The summed E-state index contributed by atoms with van der Waals surface area (Å²) in [6.07, 6.45) is 11.4. The lowest BCUT2D eigenvalue weighted by molar-refractivity contribution is 0.257. The van der Waals surface area contributed by atoms with E-state index in [0.717, 1.165) is 17.9 Å². The van der Waals surface area contributed by atoms with E-state index >= 15 is 0 Å². The maximum absolute atomic E-state index is 3.99. The molecule has 19 heavy (non-hydrogen) atoms. The predicted octanol–water partition coefficient (Wildman–Crippen LogP) is 5.15.